The molecule has 2 N–H and O–H groups in total. The van der Waals surface area contributed by atoms with Gasteiger partial charge in [0.25, 0.3) is 0 Å². The van der Waals surface area contributed by atoms with E-state index in [1.807, 2.05) is 0 Å². The van der Waals surface area contributed by atoms with Crippen LogP contribution >= 0.6 is 0 Å². The van der Waals surface area contributed by atoms with Crippen molar-refractivity contribution in [1.82, 2.24) is 10.6 Å². The molecular formula is C13H30N2O2. The average Bonchev–Trinajstić information content (AvgIpc) is 2.29. The molecule has 0 aliphatic rings. The summed E-state index contributed by atoms with van der Waals surface area (Å²) in [7, 11) is 3.42. The first-order valence-corrected chi connectivity index (χ1v) is 6.56. The van der Waals surface area contributed by atoms with Gasteiger partial charge in [0.15, 0.2) is 0 Å². The normalized spacial score (nSPS) is 15.2. The highest BCUT2D eigenvalue weighted by molar-refractivity contribution is 4.68. The van der Waals surface area contributed by atoms with E-state index in [-0.39, 0.29) is 6.10 Å². The summed E-state index contributed by atoms with van der Waals surface area (Å²) in [5.74, 6) is 0.769. The summed E-state index contributed by atoms with van der Waals surface area (Å²) in [5.41, 5.74) is 0. The van der Waals surface area contributed by atoms with Crippen LogP contribution in [0.15, 0.2) is 0 Å². The Hall–Kier alpha value is -0.160. The Morgan fingerprint density at radius 1 is 1.06 bits per heavy atom. The fourth-order valence-electron chi connectivity index (χ4n) is 1.51. The highest BCUT2D eigenvalue weighted by Gasteiger charge is 2.08. The Morgan fingerprint density at radius 3 is 2.29 bits per heavy atom. The molecule has 0 spiro atoms. The molecule has 0 bridgehead atoms. The second kappa shape index (κ2) is 11.0. The third kappa shape index (κ3) is 10.7. The maximum Gasteiger partial charge on any atom is 0.0928 e. The summed E-state index contributed by atoms with van der Waals surface area (Å²) in [6.07, 6.45) is 1.37. The number of nitrogens with one attached hydrogen (secondary N) is 2. The molecule has 0 saturated carbocycles. The molecule has 17 heavy (non-hydrogen) atoms. The van der Waals surface area contributed by atoms with Crippen molar-refractivity contribution in [2.24, 2.45) is 5.92 Å². The first-order chi connectivity index (χ1) is 8.10. The molecule has 0 aliphatic heterocycles. The van der Waals surface area contributed by atoms with Crippen molar-refractivity contribution in [2.75, 3.05) is 40.5 Å². The quantitative estimate of drug-likeness (QED) is 0.539. The molecule has 4 heteroatoms. The van der Waals surface area contributed by atoms with Crippen molar-refractivity contribution in [1.29, 1.82) is 0 Å². The van der Waals surface area contributed by atoms with E-state index in [9.17, 15) is 0 Å². The van der Waals surface area contributed by atoms with E-state index in [2.05, 4.69) is 31.4 Å². The molecule has 2 atom stereocenters. The van der Waals surface area contributed by atoms with Crippen molar-refractivity contribution in [3.8, 4) is 0 Å². The second-order valence-corrected chi connectivity index (χ2v) is 5.01. The van der Waals surface area contributed by atoms with Crippen LogP contribution in [0.4, 0.5) is 0 Å². The molecule has 0 amide bonds. The number of ether oxygens (including phenoxy) is 2. The van der Waals surface area contributed by atoms with Gasteiger partial charge < -0.3 is 20.1 Å². The van der Waals surface area contributed by atoms with Crippen molar-refractivity contribution in [3.05, 3.63) is 0 Å². The van der Waals surface area contributed by atoms with Gasteiger partial charge in [-0.1, -0.05) is 13.8 Å². The van der Waals surface area contributed by atoms with E-state index in [1.54, 1.807) is 14.2 Å². The van der Waals surface area contributed by atoms with Crippen LogP contribution in [0.3, 0.4) is 0 Å². The van der Waals surface area contributed by atoms with Gasteiger partial charge in [-0.2, -0.15) is 0 Å². The Balaban J connectivity index is 3.47. The van der Waals surface area contributed by atoms with Gasteiger partial charge in [-0.3, -0.25) is 0 Å². The predicted octanol–water partition coefficient (Wildman–Crippen LogP) is 1.26. The van der Waals surface area contributed by atoms with E-state index in [0.29, 0.717) is 12.6 Å². The molecule has 2 unspecified atom stereocenters. The Kier molecular flexibility index (Phi) is 10.9. The minimum Gasteiger partial charge on any atom is -0.382 e. The molecule has 0 rings (SSSR count). The first-order valence-electron chi connectivity index (χ1n) is 6.56. The van der Waals surface area contributed by atoms with Gasteiger partial charge in [-0.15, -0.1) is 0 Å². The fraction of sp³-hybridized carbons (Fsp3) is 1.00. The molecule has 0 aromatic rings. The number of methoxy groups -OCH3 is 2. The number of hydrogen-bond acceptors (Lipinski definition) is 4. The molecule has 0 saturated heterocycles. The molecular weight excluding hydrogens is 216 g/mol. The second-order valence-electron chi connectivity index (χ2n) is 5.01. The Bertz CT molecular complexity index is 165. The SMILES string of the molecule is COCC(CNC(C)CNCCC(C)C)OC. The monoisotopic (exact) mass is 246 g/mol. The van der Waals surface area contributed by atoms with Crippen LogP contribution in [0.25, 0.3) is 0 Å². The van der Waals surface area contributed by atoms with Crippen molar-refractivity contribution < 1.29 is 9.47 Å². The zero-order valence-corrected chi connectivity index (χ0v) is 12.1. The average molecular weight is 246 g/mol. The highest BCUT2D eigenvalue weighted by atomic mass is 16.5. The van der Waals surface area contributed by atoms with Crippen LogP contribution in [0.2, 0.25) is 0 Å². The lowest BCUT2D eigenvalue weighted by Gasteiger charge is -2.19. The smallest absolute Gasteiger partial charge is 0.0928 e. The third-order valence-corrected chi connectivity index (χ3v) is 2.73. The van der Waals surface area contributed by atoms with Gasteiger partial charge >= 0.3 is 0 Å². The molecule has 0 fully saturated rings. The highest BCUT2D eigenvalue weighted by Crippen LogP contribution is 1.96. The lowest BCUT2D eigenvalue weighted by Crippen LogP contribution is -2.42. The molecule has 0 radical (unpaired) electrons. The minimum absolute atomic E-state index is 0.137. The van der Waals surface area contributed by atoms with E-state index in [1.165, 1.54) is 6.42 Å². The van der Waals surface area contributed by atoms with Crippen molar-refractivity contribution >= 4 is 0 Å². The first kappa shape index (κ1) is 16.8. The summed E-state index contributed by atoms with van der Waals surface area (Å²) in [6, 6.07) is 0.455. The molecule has 0 heterocycles. The van der Waals surface area contributed by atoms with Crippen LogP contribution in [-0.4, -0.2) is 52.6 Å². The van der Waals surface area contributed by atoms with E-state index in [0.717, 1.165) is 25.6 Å². The molecule has 0 aliphatic carbocycles. The summed E-state index contributed by atoms with van der Waals surface area (Å²) < 4.78 is 10.4. The largest absolute Gasteiger partial charge is 0.382 e. The maximum absolute atomic E-state index is 5.29. The Labute approximate surface area is 106 Å². The lowest BCUT2D eigenvalue weighted by molar-refractivity contribution is 0.0277. The van der Waals surface area contributed by atoms with Crippen LogP contribution in [0.1, 0.15) is 27.2 Å². The molecule has 104 valence electrons. The van der Waals surface area contributed by atoms with Crippen molar-refractivity contribution in [3.63, 3.8) is 0 Å². The van der Waals surface area contributed by atoms with Gasteiger partial charge in [-0.05, 0) is 25.8 Å². The van der Waals surface area contributed by atoms with Gasteiger partial charge in [0, 0.05) is 33.4 Å². The molecule has 4 nitrogen and oxygen atoms in total. The van der Waals surface area contributed by atoms with Crippen molar-refractivity contribution in [2.45, 2.75) is 39.3 Å². The molecule has 0 aromatic heterocycles. The van der Waals surface area contributed by atoms with Crippen LogP contribution in [-0.2, 0) is 9.47 Å². The maximum atomic E-state index is 5.29. The van der Waals surface area contributed by atoms with Gasteiger partial charge in [-0.25, -0.2) is 0 Å². The topological polar surface area (TPSA) is 42.5 Å². The minimum atomic E-state index is 0.137. The van der Waals surface area contributed by atoms with Crippen LogP contribution in [0.5, 0.6) is 0 Å². The van der Waals surface area contributed by atoms with Gasteiger partial charge in [0.05, 0.1) is 12.7 Å². The zero-order chi connectivity index (χ0) is 13.1. The number of hydrogen-bond donors (Lipinski definition) is 2. The summed E-state index contributed by atoms with van der Waals surface area (Å²) in [5, 5.41) is 6.89. The van der Waals surface area contributed by atoms with Gasteiger partial charge in [0.2, 0.25) is 0 Å². The van der Waals surface area contributed by atoms with Crippen LogP contribution < -0.4 is 10.6 Å². The third-order valence-electron chi connectivity index (χ3n) is 2.73. The standard InChI is InChI=1S/C13H30N2O2/c1-11(2)6-7-14-8-12(3)15-9-13(17-5)10-16-4/h11-15H,6-10H2,1-5H3. The predicted molar refractivity (Wildman–Crippen MR) is 72.5 cm³/mol. The van der Waals surface area contributed by atoms with Crippen LogP contribution in [0, 0.1) is 5.92 Å². The van der Waals surface area contributed by atoms with E-state index in [4.69, 9.17) is 9.47 Å². The zero-order valence-electron chi connectivity index (χ0n) is 12.1. The summed E-state index contributed by atoms with van der Waals surface area (Å²) in [4.78, 5) is 0. The number of rotatable bonds is 11. The Morgan fingerprint density at radius 2 is 1.76 bits per heavy atom. The van der Waals surface area contributed by atoms with E-state index >= 15 is 0 Å². The van der Waals surface area contributed by atoms with E-state index < -0.39 is 0 Å². The summed E-state index contributed by atoms with van der Waals surface area (Å²) >= 11 is 0. The summed E-state index contributed by atoms with van der Waals surface area (Å²) in [6.45, 7) is 10.2. The van der Waals surface area contributed by atoms with Gasteiger partial charge in [0.1, 0.15) is 0 Å². The lowest BCUT2D eigenvalue weighted by atomic mass is 10.1. The fourth-order valence-corrected chi connectivity index (χ4v) is 1.51. The molecule has 0 aromatic carbocycles.